The minimum atomic E-state index is 0.0773. The largest absolute Gasteiger partial charge is 0.338 e. The molecule has 3 heterocycles. The lowest BCUT2D eigenvalue weighted by Gasteiger charge is -2.32. The highest BCUT2D eigenvalue weighted by Gasteiger charge is 2.28. The SMILES string of the molecule is Cc1ccc(-c2cn[nH]c2[C@H]2CCCN(C(=O)c3ccncc3)C2)cc1. The Kier molecular flexibility index (Phi) is 4.52. The van der Waals surface area contributed by atoms with Crippen molar-refractivity contribution < 1.29 is 4.79 Å². The van der Waals surface area contributed by atoms with Gasteiger partial charge in [-0.25, -0.2) is 0 Å². The molecule has 1 atom stereocenters. The van der Waals surface area contributed by atoms with Crippen LogP contribution in [0.15, 0.2) is 55.0 Å². The van der Waals surface area contributed by atoms with Crippen LogP contribution in [0.3, 0.4) is 0 Å². The van der Waals surface area contributed by atoms with E-state index < -0.39 is 0 Å². The number of likely N-dealkylation sites (tertiary alicyclic amines) is 1. The summed E-state index contributed by atoms with van der Waals surface area (Å²) in [5.41, 5.74) is 5.36. The molecule has 132 valence electrons. The zero-order valence-corrected chi connectivity index (χ0v) is 14.9. The Morgan fingerprint density at radius 2 is 1.92 bits per heavy atom. The molecule has 5 heteroatoms. The van der Waals surface area contributed by atoms with E-state index in [4.69, 9.17) is 0 Å². The molecule has 1 N–H and O–H groups in total. The second-order valence-corrected chi connectivity index (χ2v) is 6.89. The molecule has 0 unspecified atom stereocenters. The fourth-order valence-corrected chi connectivity index (χ4v) is 3.64. The molecule has 1 saturated heterocycles. The molecule has 0 radical (unpaired) electrons. The Balaban J connectivity index is 1.57. The number of amides is 1. The summed E-state index contributed by atoms with van der Waals surface area (Å²) in [6.45, 7) is 3.59. The number of aryl methyl sites for hydroxylation is 1. The van der Waals surface area contributed by atoms with E-state index in [-0.39, 0.29) is 11.8 Å². The molecule has 4 rings (SSSR count). The second-order valence-electron chi connectivity index (χ2n) is 6.89. The summed E-state index contributed by atoms with van der Waals surface area (Å²) >= 11 is 0. The van der Waals surface area contributed by atoms with E-state index in [2.05, 4.69) is 46.4 Å². The van der Waals surface area contributed by atoms with E-state index in [0.29, 0.717) is 12.1 Å². The van der Waals surface area contributed by atoms with E-state index in [9.17, 15) is 4.79 Å². The molecule has 0 bridgehead atoms. The summed E-state index contributed by atoms with van der Waals surface area (Å²) < 4.78 is 0. The van der Waals surface area contributed by atoms with E-state index in [1.165, 1.54) is 5.56 Å². The molecule has 1 aliphatic rings. The Labute approximate surface area is 153 Å². The maximum Gasteiger partial charge on any atom is 0.253 e. The van der Waals surface area contributed by atoms with Gasteiger partial charge in [0.1, 0.15) is 0 Å². The summed E-state index contributed by atoms with van der Waals surface area (Å²) in [5, 5.41) is 7.48. The standard InChI is InChI=1S/C21H22N4O/c1-15-4-6-16(7-5-15)19-13-23-24-20(19)18-3-2-12-25(14-18)21(26)17-8-10-22-11-9-17/h4-11,13,18H,2-3,12,14H2,1H3,(H,23,24)/t18-/m0/s1. The van der Waals surface area contributed by atoms with Crippen LogP contribution in [-0.2, 0) is 0 Å². The van der Waals surface area contributed by atoms with Crippen molar-refractivity contribution in [3.8, 4) is 11.1 Å². The van der Waals surface area contributed by atoms with E-state index in [1.54, 1.807) is 24.5 Å². The Morgan fingerprint density at radius 1 is 1.15 bits per heavy atom. The number of benzene rings is 1. The van der Waals surface area contributed by atoms with Gasteiger partial charge < -0.3 is 4.90 Å². The smallest absolute Gasteiger partial charge is 0.253 e. The van der Waals surface area contributed by atoms with Gasteiger partial charge in [-0.15, -0.1) is 0 Å². The molecule has 26 heavy (non-hydrogen) atoms. The van der Waals surface area contributed by atoms with E-state index >= 15 is 0 Å². The minimum absolute atomic E-state index is 0.0773. The monoisotopic (exact) mass is 346 g/mol. The average Bonchev–Trinajstić information content (AvgIpc) is 3.19. The number of carbonyl (C=O) groups excluding carboxylic acids is 1. The van der Waals surface area contributed by atoms with Crippen LogP contribution in [0.25, 0.3) is 11.1 Å². The molecular weight excluding hydrogens is 324 g/mol. The minimum Gasteiger partial charge on any atom is -0.338 e. The van der Waals surface area contributed by atoms with Crippen LogP contribution < -0.4 is 0 Å². The van der Waals surface area contributed by atoms with Crippen LogP contribution >= 0.6 is 0 Å². The summed E-state index contributed by atoms with van der Waals surface area (Å²) in [4.78, 5) is 18.7. The number of carbonyl (C=O) groups is 1. The fourth-order valence-electron chi connectivity index (χ4n) is 3.64. The van der Waals surface area contributed by atoms with Crippen LogP contribution in [0, 0.1) is 6.92 Å². The number of aromatic nitrogens is 3. The van der Waals surface area contributed by atoms with Gasteiger partial charge in [-0.3, -0.25) is 14.9 Å². The van der Waals surface area contributed by atoms with Crippen molar-refractivity contribution in [2.24, 2.45) is 0 Å². The molecule has 0 saturated carbocycles. The second kappa shape index (κ2) is 7.12. The van der Waals surface area contributed by atoms with Crippen molar-refractivity contribution in [3.05, 3.63) is 71.8 Å². The highest BCUT2D eigenvalue weighted by atomic mass is 16.2. The summed E-state index contributed by atoms with van der Waals surface area (Å²) in [5.74, 6) is 0.349. The molecular formula is C21H22N4O. The van der Waals surface area contributed by atoms with Crippen molar-refractivity contribution >= 4 is 5.91 Å². The first-order chi connectivity index (χ1) is 12.7. The molecule has 5 nitrogen and oxygen atoms in total. The Morgan fingerprint density at radius 3 is 2.69 bits per heavy atom. The quantitative estimate of drug-likeness (QED) is 0.785. The van der Waals surface area contributed by atoms with Crippen molar-refractivity contribution in [2.45, 2.75) is 25.7 Å². The number of hydrogen-bond donors (Lipinski definition) is 1. The Hall–Kier alpha value is -2.95. The first-order valence-electron chi connectivity index (χ1n) is 9.02. The molecule has 3 aromatic rings. The van der Waals surface area contributed by atoms with Crippen LogP contribution in [0.2, 0.25) is 0 Å². The first-order valence-corrected chi connectivity index (χ1v) is 9.02. The van der Waals surface area contributed by atoms with Crippen molar-refractivity contribution in [1.29, 1.82) is 0 Å². The van der Waals surface area contributed by atoms with Crippen molar-refractivity contribution in [3.63, 3.8) is 0 Å². The highest BCUT2D eigenvalue weighted by Crippen LogP contribution is 2.33. The molecule has 2 aromatic heterocycles. The number of H-pyrrole nitrogens is 1. The predicted molar refractivity (Wildman–Crippen MR) is 101 cm³/mol. The number of rotatable bonds is 3. The number of pyridine rings is 1. The fraction of sp³-hybridized carbons (Fsp3) is 0.286. The normalized spacial score (nSPS) is 17.3. The van der Waals surface area contributed by atoms with Gasteiger partial charge in [-0.05, 0) is 37.5 Å². The van der Waals surface area contributed by atoms with Gasteiger partial charge in [-0.1, -0.05) is 29.8 Å². The zero-order valence-electron chi connectivity index (χ0n) is 14.9. The van der Waals surface area contributed by atoms with Gasteiger partial charge in [0.15, 0.2) is 0 Å². The van der Waals surface area contributed by atoms with Crippen molar-refractivity contribution in [1.82, 2.24) is 20.1 Å². The van der Waals surface area contributed by atoms with E-state index in [0.717, 1.165) is 36.2 Å². The van der Waals surface area contributed by atoms with Gasteiger partial charge in [0.25, 0.3) is 5.91 Å². The Bertz CT molecular complexity index is 886. The molecule has 1 aromatic carbocycles. The topological polar surface area (TPSA) is 61.9 Å². The molecule has 0 spiro atoms. The van der Waals surface area contributed by atoms with Crippen LogP contribution in [0.1, 0.15) is 40.4 Å². The summed E-state index contributed by atoms with van der Waals surface area (Å²) in [7, 11) is 0. The lowest BCUT2D eigenvalue weighted by molar-refractivity contribution is 0.0706. The van der Waals surface area contributed by atoms with Gasteiger partial charge in [0, 0.05) is 48.2 Å². The van der Waals surface area contributed by atoms with Gasteiger partial charge in [0.2, 0.25) is 0 Å². The van der Waals surface area contributed by atoms with Gasteiger partial charge >= 0.3 is 0 Å². The number of nitrogens with one attached hydrogen (secondary N) is 1. The molecule has 1 aliphatic heterocycles. The summed E-state index contributed by atoms with van der Waals surface area (Å²) in [6, 6.07) is 12.1. The van der Waals surface area contributed by atoms with Crippen LogP contribution in [0.5, 0.6) is 0 Å². The summed E-state index contributed by atoms with van der Waals surface area (Å²) in [6.07, 6.45) is 7.27. The third-order valence-corrected chi connectivity index (χ3v) is 5.08. The highest BCUT2D eigenvalue weighted by molar-refractivity contribution is 5.94. The maximum absolute atomic E-state index is 12.8. The lowest BCUT2D eigenvalue weighted by Crippen LogP contribution is -2.39. The average molecular weight is 346 g/mol. The van der Waals surface area contributed by atoms with Crippen LogP contribution in [0.4, 0.5) is 0 Å². The molecule has 1 amide bonds. The van der Waals surface area contributed by atoms with Crippen LogP contribution in [-0.4, -0.2) is 39.1 Å². The zero-order chi connectivity index (χ0) is 17.9. The number of nitrogens with zero attached hydrogens (tertiary/aromatic N) is 3. The van der Waals surface area contributed by atoms with Gasteiger partial charge in [-0.2, -0.15) is 5.10 Å². The first kappa shape index (κ1) is 16.5. The van der Waals surface area contributed by atoms with E-state index in [1.807, 2.05) is 11.1 Å². The number of hydrogen-bond acceptors (Lipinski definition) is 3. The molecule has 0 aliphatic carbocycles. The van der Waals surface area contributed by atoms with Gasteiger partial charge in [0.05, 0.1) is 6.20 Å². The molecule has 1 fully saturated rings. The number of aromatic amines is 1. The number of piperidine rings is 1. The third kappa shape index (κ3) is 3.25. The predicted octanol–water partition coefficient (Wildman–Crippen LogP) is 3.80. The lowest BCUT2D eigenvalue weighted by atomic mass is 9.90. The van der Waals surface area contributed by atoms with Crippen molar-refractivity contribution in [2.75, 3.05) is 13.1 Å². The third-order valence-electron chi connectivity index (χ3n) is 5.08. The maximum atomic E-state index is 12.8.